The molecule has 0 aliphatic heterocycles. The molecule has 1 atom stereocenters. The summed E-state index contributed by atoms with van der Waals surface area (Å²) < 4.78 is 12.8. The third-order valence-electron chi connectivity index (χ3n) is 3.58. The average Bonchev–Trinajstić information content (AvgIpc) is 3.22. The molecule has 1 aromatic rings. The van der Waals surface area contributed by atoms with Crippen molar-refractivity contribution in [1.29, 1.82) is 0 Å². The van der Waals surface area contributed by atoms with Gasteiger partial charge < -0.3 is 10.2 Å². The number of carbonyl (C=O) groups is 1. The zero-order valence-electron chi connectivity index (χ0n) is 11.5. The van der Waals surface area contributed by atoms with Crippen molar-refractivity contribution in [1.82, 2.24) is 10.2 Å². The van der Waals surface area contributed by atoms with Crippen molar-refractivity contribution in [2.75, 3.05) is 13.1 Å². The van der Waals surface area contributed by atoms with Gasteiger partial charge in [-0.25, -0.2) is 4.39 Å². The van der Waals surface area contributed by atoms with Crippen molar-refractivity contribution < 1.29 is 9.18 Å². The van der Waals surface area contributed by atoms with Crippen LogP contribution < -0.4 is 5.32 Å². The van der Waals surface area contributed by atoms with Gasteiger partial charge in [-0.15, -0.1) is 0 Å². The highest BCUT2D eigenvalue weighted by Crippen LogP contribution is 2.26. The minimum absolute atomic E-state index is 0.0439. The lowest BCUT2D eigenvalue weighted by molar-refractivity contribution is -0.130. The number of halogens is 1. The Kier molecular flexibility index (Phi) is 4.53. The number of carbonyl (C=O) groups excluding carboxylic acids is 1. The van der Waals surface area contributed by atoms with Crippen LogP contribution in [0, 0.1) is 5.82 Å². The van der Waals surface area contributed by atoms with E-state index in [4.69, 9.17) is 0 Å². The first-order valence-electron chi connectivity index (χ1n) is 6.90. The summed E-state index contributed by atoms with van der Waals surface area (Å²) in [4.78, 5) is 14.0. The van der Waals surface area contributed by atoms with Gasteiger partial charge in [0.05, 0.1) is 6.54 Å². The molecule has 1 N–H and O–H groups in total. The summed E-state index contributed by atoms with van der Waals surface area (Å²) in [6, 6.07) is 6.88. The molecule has 1 amide bonds. The molecule has 3 nitrogen and oxygen atoms in total. The van der Waals surface area contributed by atoms with E-state index in [9.17, 15) is 9.18 Å². The van der Waals surface area contributed by atoms with Crippen LogP contribution >= 0.6 is 0 Å². The summed E-state index contributed by atoms with van der Waals surface area (Å²) in [7, 11) is 0. The number of likely N-dealkylation sites (N-methyl/N-ethyl adjacent to an activating group) is 1. The molecule has 19 heavy (non-hydrogen) atoms. The molecule has 1 saturated carbocycles. The molecule has 0 spiro atoms. The predicted octanol–water partition coefficient (Wildman–Crippen LogP) is 2.49. The summed E-state index contributed by atoms with van der Waals surface area (Å²) in [6.45, 7) is 5.10. The molecule has 1 fully saturated rings. The molecule has 1 aliphatic rings. The van der Waals surface area contributed by atoms with Crippen LogP contribution in [0.5, 0.6) is 0 Å². The summed E-state index contributed by atoms with van der Waals surface area (Å²) >= 11 is 0. The van der Waals surface area contributed by atoms with Crippen molar-refractivity contribution in [2.24, 2.45) is 0 Å². The molecule has 1 aliphatic carbocycles. The summed E-state index contributed by atoms with van der Waals surface area (Å²) in [5.74, 6) is -0.0862. The van der Waals surface area contributed by atoms with Crippen molar-refractivity contribution in [3.8, 4) is 0 Å². The largest absolute Gasteiger partial charge is 0.339 e. The maximum Gasteiger partial charge on any atom is 0.236 e. The first-order chi connectivity index (χ1) is 9.11. The van der Waals surface area contributed by atoms with Crippen LogP contribution in [-0.4, -0.2) is 29.9 Å². The highest BCUT2D eigenvalue weighted by atomic mass is 19.1. The van der Waals surface area contributed by atoms with Gasteiger partial charge in [0.25, 0.3) is 0 Å². The van der Waals surface area contributed by atoms with E-state index in [0.29, 0.717) is 12.6 Å². The summed E-state index contributed by atoms with van der Waals surface area (Å²) in [5, 5.41) is 3.20. The first kappa shape index (κ1) is 14.0. The van der Waals surface area contributed by atoms with Gasteiger partial charge in [0.1, 0.15) is 5.82 Å². The fourth-order valence-electron chi connectivity index (χ4n) is 2.24. The van der Waals surface area contributed by atoms with Crippen molar-refractivity contribution in [3.63, 3.8) is 0 Å². The molecule has 0 aromatic heterocycles. The topological polar surface area (TPSA) is 32.3 Å². The highest BCUT2D eigenvalue weighted by Gasteiger charge is 2.31. The average molecular weight is 264 g/mol. The van der Waals surface area contributed by atoms with E-state index in [2.05, 4.69) is 5.32 Å². The van der Waals surface area contributed by atoms with E-state index in [1.807, 2.05) is 18.7 Å². The summed E-state index contributed by atoms with van der Waals surface area (Å²) in [5.41, 5.74) is 0.990. The van der Waals surface area contributed by atoms with Gasteiger partial charge in [0, 0.05) is 18.6 Å². The van der Waals surface area contributed by atoms with E-state index < -0.39 is 0 Å². The monoisotopic (exact) mass is 264 g/mol. The Morgan fingerprint density at radius 3 is 2.58 bits per heavy atom. The number of rotatable bonds is 6. The second-order valence-electron chi connectivity index (χ2n) is 5.07. The normalized spacial score (nSPS) is 16.2. The van der Waals surface area contributed by atoms with Crippen LogP contribution in [-0.2, 0) is 4.79 Å². The Hall–Kier alpha value is -1.42. The summed E-state index contributed by atoms with van der Waals surface area (Å²) in [6.07, 6.45) is 2.26. The molecule has 4 heteroatoms. The fourth-order valence-corrected chi connectivity index (χ4v) is 2.24. The molecule has 0 saturated heterocycles. The SMILES string of the molecule is CCN(C(=O)CNC(C)c1ccc(F)cc1)C1CC1. The van der Waals surface area contributed by atoms with Crippen LogP contribution in [0.25, 0.3) is 0 Å². The van der Waals surface area contributed by atoms with Crippen LogP contribution in [0.3, 0.4) is 0 Å². The van der Waals surface area contributed by atoms with E-state index >= 15 is 0 Å². The van der Waals surface area contributed by atoms with Gasteiger partial charge in [0.2, 0.25) is 5.91 Å². The Bertz CT molecular complexity index is 428. The van der Waals surface area contributed by atoms with E-state index in [0.717, 1.165) is 24.9 Å². The minimum Gasteiger partial charge on any atom is -0.339 e. The van der Waals surface area contributed by atoms with Crippen molar-refractivity contribution in [3.05, 3.63) is 35.6 Å². The Balaban J connectivity index is 1.84. The second-order valence-corrected chi connectivity index (χ2v) is 5.07. The lowest BCUT2D eigenvalue weighted by Crippen LogP contribution is -2.40. The molecule has 1 aromatic carbocycles. The number of nitrogens with one attached hydrogen (secondary N) is 1. The maximum absolute atomic E-state index is 12.8. The van der Waals surface area contributed by atoms with Gasteiger partial charge in [-0.1, -0.05) is 12.1 Å². The maximum atomic E-state index is 12.8. The molecule has 0 bridgehead atoms. The molecular formula is C15H21FN2O. The quantitative estimate of drug-likeness (QED) is 0.856. The van der Waals surface area contributed by atoms with E-state index in [-0.39, 0.29) is 17.8 Å². The van der Waals surface area contributed by atoms with Crippen molar-refractivity contribution >= 4 is 5.91 Å². The molecule has 0 heterocycles. The van der Waals surface area contributed by atoms with Crippen LogP contribution in [0.1, 0.15) is 38.3 Å². The van der Waals surface area contributed by atoms with Gasteiger partial charge in [-0.2, -0.15) is 0 Å². The molecule has 104 valence electrons. The predicted molar refractivity (Wildman–Crippen MR) is 73.2 cm³/mol. The lowest BCUT2D eigenvalue weighted by atomic mass is 10.1. The fraction of sp³-hybridized carbons (Fsp3) is 0.533. The van der Waals surface area contributed by atoms with E-state index in [1.54, 1.807) is 12.1 Å². The van der Waals surface area contributed by atoms with Gasteiger partial charge in [-0.05, 0) is 44.4 Å². The molecule has 1 unspecified atom stereocenters. The Morgan fingerprint density at radius 2 is 2.05 bits per heavy atom. The number of hydrogen-bond donors (Lipinski definition) is 1. The number of hydrogen-bond acceptors (Lipinski definition) is 2. The standard InChI is InChI=1S/C15H21FN2O/c1-3-18(14-8-9-14)15(19)10-17-11(2)12-4-6-13(16)7-5-12/h4-7,11,14,17H,3,8-10H2,1-2H3. The Labute approximate surface area is 113 Å². The number of amides is 1. The number of nitrogens with zero attached hydrogens (tertiary/aromatic N) is 1. The molecule has 0 radical (unpaired) electrons. The third kappa shape index (κ3) is 3.77. The van der Waals surface area contributed by atoms with Gasteiger partial charge >= 0.3 is 0 Å². The van der Waals surface area contributed by atoms with Gasteiger partial charge in [0.15, 0.2) is 0 Å². The smallest absolute Gasteiger partial charge is 0.236 e. The zero-order valence-corrected chi connectivity index (χ0v) is 11.5. The second kappa shape index (κ2) is 6.15. The first-order valence-corrected chi connectivity index (χ1v) is 6.90. The van der Waals surface area contributed by atoms with Gasteiger partial charge in [-0.3, -0.25) is 4.79 Å². The Morgan fingerprint density at radius 1 is 1.42 bits per heavy atom. The van der Waals surface area contributed by atoms with E-state index in [1.165, 1.54) is 12.1 Å². The third-order valence-corrected chi connectivity index (χ3v) is 3.58. The van der Waals surface area contributed by atoms with Crippen LogP contribution in [0.15, 0.2) is 24.3 Å². The highest BCUT2D eigenvalue weighted by molar-refractivity contribution is 5.79. The van der Waals surface area contributed by atoms with Crippen molar-refractivity contribution in [2.45, 2.75) is 38.8 Å². The zero-order chi connectivity index (χ0) is 13.8. The van der Waals surface area contributed by atoms with Crippen LogP contribution in [0.2, 0.25) is 0 Å². The minimum atomic E-state index is -0.238. The van der Waals surface area contributed by atoms with Crippen LogP contribution in [0.4, 0.5) is 4.39 Å². The number of benzene rings is 1. The molecule has 2 rings (SSSR count). The molecular weight excluding hydrogens is 243 g/mol. The lowest BCUT2D eigenvalue weighted by Gasteiger charge is -2.22.